The summed E-state index contributed by atoms with van der Waals surface area (Å²) in [5, 5.41) is 5.90. The molecule has 0 fully saturated rings. The lowest BCUT2D eigenvalue weighted by atomic mass is 10.1. The van der Waals surface area contributed by atoms with Crippen molar-refractivity contribution in [2.75, 3.05) is 19.0 Å². The number of hydrogen-bond donors (Lipinski definition) is 2. The van der Waals surface area contributed by atoms with Gasteiger partial charge in [0, 0.05) is 22.7 Å². The summed E-state index contributed by atoms with van der Waals surface area (Å²) in [7, 11) is 1.54. The summed E-state index contributed by atoms with van der Waals surface area (Å²) in [4.78, 5) is 28.4. The van der Waals surface area contributed by atoms with Gasteiger partial charge in [0.2, 0.25) is 0 Å². The molecule has 1 aromatic heterocycles. The van der Waals surface area contributed by atoms with Gasteiger partial charge in [-0.15, -0.1) is 0 Å². The molecular weight excluding hydrogens is 389 g/mol. The number of benzene rings is 2. The van der Waals surface area contributed by atoms with Gasteiger partial charge in [0.1, 0.15) is 17.6 Å². The van der Waals surface area contributed by atoms with Crippen LogP contribution in [0.15, 0.2) is 48.5 Å². The van der Waals surface area contributed by atoms with Crippen LogP contribution in [0, 0.1) is 5.82 Å². The van der Waals surface area contributed by atoms with Crippen LogP contribution in [0.2, 0.25) is 0 Å². The molecule has 1 heterocycles. The number of halogens is 1. The third kappa shape index (κ3) is 4.83. The molecule has 2 N–H and O–H groups in total. The number of methoxy groups -OCH3 is 1. The highest BCUT2D eigenvalue weighted by Crippen LogP contribution is 2.31. The highest BCUT2D eigenvalue weighted by Gasteiger charge is 2.17. The number of carbonyl (C=O) groups is 2. The summed E-state index contributed by atoms with van der Waals surface area (Å²) >= 11 is 0. The predicted octanol–water partition coefficient (Wildman–Crippen LogP) is 4.12. The van der Waals surface area contributed by atoms with Crippen LogP contribution >= 0.6 is 0 Å². The first-order valence-electron chi connectivity index (χ1n) is 9.40. The summed E-state index contributed by atoms with van der Waals surface area (Å²) in [5.41, 5.74) is 2.55. The molecule has 0 aliphatic carbocycles. The summed E-state index contributed by atoms with van der Waals surface area (Å²) in [5.74, 6) is -0.272. The number of amides is 2. The number of urea groups is 1. The Kier molecular flexibility index (Phi) is 6.46. The normalized spacial score (nSPS) is 11.6. The van der Waals surface area contributed by atoms with Crippen molar-refractivity contribution in [3.05, 3.63) is 54.3 Å². The van der Waals surface area contributed by atoms with Crippen molar-refractivity contribution in [2.45, 2.75) is 19.9 Å². The molecule has 0 bridgehead atoms. The van der Waals surface area contributed by atoms with Crippen LogP contribution in [0.5, 0.6) is 5.75 Å². The van der Waals surface area contributed by atoms with Crippen LogP contribution in [0.1, 0.15) is 13.8 Å². The van der Waals surface area contributed by atoms with E-state index >= 15 is 0 Å². The molecule has 0 saturated heterocycles. The molecule has 0 aliphatic heterocycles. The molecule has 8 heteroatoms. The zero-order valence-electron chi connectivity index (χ0n) is 16.9. The summed E-state index contributed by atoms with van der Waals surface area (Å²) in [6.07, 6.45) is 0. The fraction of sp³-hybridized carbons (Fsp3) is 0.227. The molecule has 0 radical (unpaired) electrons. The number of esters is 1. The highest BCUT2D eigenvalue weighted by molar-refractivity contribution is 5.96. The Morgan fingerprint density at radius 1 is 1.13 bits per heavy atom. The average Bonchev–Trinajstić information content (AvgIpc) is 2.73. The first kappa shape index (κ1) is 21.0. The highest BCUT2D eigenvalue weighted by atomic mass is 19.1. The van der Waals surface area contributed by atoms with E-state index < -0.39 is 18.0 Å². The van der Waals surface area contributed by atoms with Crippen molar-refractivity contribution in [2.24, 2.45) is 0 Å². The molecule has 3 aromatic rings. The first-order chi connectivity index (χ1) is 14.4. The van der Waals surface area contributed by atoms with E-state index in [1.54, 1.807) is 50.2 Å². The van der Waals surface area contributed by atoms with Crippen molar-refractivity contribution in [1.29, 1.82) is 0 Å². The van der Waals surface area contributed by atoms with E-state index in [-0.39, 0.29) is 12.4 Å². The van der Waals surface area contributed by atoms with Gasteiger partial charge in [-0.05, 0) is 56.3 Å². The third-order valence-electron chi connectivity index (χ3n) is 4.38. The van der Waals surface area contributed by atoms with Crippen molar-refractivity contribution < 1.29 is 23.5 Å². The number of fused-ring (bicyclic) bond motifs is 1. The number of carbonyl (C=O) groups excluding carboxylic acids is 2. The van der Waals surface area contributed by atoms with Crippen molar-refractivity contribution in [3.63, 3.8) is 0 Å². The van der Waals surface area contributed by atoms with Crippen LogP contribution in [0.25, 0.3) is 22.2 Å². The molecule has 2 amide bonds. The molecule has 0 spiro atoms. The van der Waals surface area contributed by atoms with Crippen LogP contribution in [-0.2, 0) is 9.53 Å². The molecule has 1 atom stereocenters. The monoisotopic (exact) mass is 411 g/mol. The smallest absolute Gasteiger partial charge is 0.328 e. The minimum atomic E-state index is -0.778. The van der Waals surface area contributed by atoms with E-state index in [1.807, 2.05) is 0 Å². The number of rotatable bonds is 6. The minimum absolute atomic E-state index is 0.240. The van der Waals surface area contributed by atoms with Gasteiger partial charge in [-0.2, -0.15) is 0 Å². The number of nitrogens with one attached hydrogen (secondary N) is 2. The second kappa shape index (κ2) is 9.21. The average molecular weight is 411 g/mol. The van der Waals surface area contributed by atoms with Gasteiger partial charge in [-0.25, -0.2) is 19.0 Å². The Morgan fingerprint density at radius 3 is 2.53 bits per heavy atom. The molecule has 0 unspecified atom stereocenters. The second-order valence-electron chi connectivity index (χ2n) is 6.52. The maximum atomic E-state index is 13.2. The number of ether oxygens (including phenoxy) is 2. The zero-order valence-corrected chi connectivity index (χ0v) is 16.9. The van der Waals surface area contributed by atoms with Gasteiger partial charge in [0.15, 0.2) is 0 Å². The Bertz CT molecular complexity index is 1070. The fourth-order valence-electron chi connectivity index (χ4n) is 2.90. The minimum Gasteiger partial charge on any atom is -0.496 e. The van der Waals surface area contributed by atoms with Gasteiger partial charge < -0.3 is 20.1 Å². The summed E-state index contributed by atoms with van der Waals surface area (Å²) < 4.78 is 23.6. The molecule has 0 aliphatic rings. The van der Waals surface area contributed by atoms with Crippen LogP contribution in [0.4, 0.5) is 14.9 Å². The van der Waals surface area contributed by atoms with Gasteiger partial charge in [0.25, 0.3) is 0 Å². The number of aromatic nitrogens is 1. The Labute approximate surface area is 173 Å². The van der Waals surface area contributed by atoms with Gasteiger partial charge >= 0.3 is 12.0 Å². The van der Waals surface area contributed by atoms with E-state index in [9.17, 15) is 14.0 Å². The third-order valence-corrected chi connectivity index (χ3v) is 4.38. The van der Waals surface area contributed by atoms with E-state index in [1.165, 1.54) is 19.2 Å². The topological polar surface area (TPSA) is 89.5 Å². The molecule has 0 saturated carbocycles. The second-order valence-corrected chi connectivity index (χ2v) is 6.52. The van der Waals surface area contributed by atoms with Crippen LogP contribution in [-0.4, -0.2) is 36.7 Å². The summed E-state index contributed by atoms with van der Waals surface area (Å²) in [6, 6.07) is 11.6. The molecule has 156 valence electrons. The lowest BCUT2D eigenvalue weighted by Gasteiger charge is -2.14. The van der Waals surface area contributed by atoms with E-state index in [4.69, 9.17) is 9.47 Å². The summed E-state index contributed by atoms with van der Waals surface area (Å²) in [6.45, 7) is 3.48. The quantitative estimate of drug-likeness (QED) is 0.596. The number of nitrogens with zero attached hydrogens (tertiary/aromatic N) is 1. The molecule has 30 heavy (non-hydrogen) atoms. The largest absolute Gasteiger partial charge is 0.496 e. The number of anilines is 1. The maximum absolute atomic E-state index is 13.2. The standard InChI is InChI=1S/C22H22FN3O4/c1-4-30-21(27)13(2)24-22(28)25-16-9-10-18-17(11-16)20(29-3)12-19(26-18)14-5-7-15(23)8-6-14/h5-13H,4H2,1-3H3,(H2,24,25,28)/t13-/m0/s1. The van der Waals surface area contributed by atoms with E-state index in [2.05, 4.69) is 15.6 Å². The molecule has 7 nitrogen and oxygen atoms in total. The van der Waals surface area contributed by atoms with Crippen LogP contribution < -0.4 is 15.4 Å². The van der Waals surface area contributed by atoms with Gasteiger partial charge in [0.05, 0.1) is 24.9 Å². The molecule has 3 rings (SSSR count). The van der Waals surface area contributed by atoms with Crippen molar-refractivity contribution in [3.8, 4) is 17.0 Å². The predicted molar refractivity (Wildman–Crippen MR) is 112 cm³/mol. The van der Waals surface area contributed by atoms with E-state index in [0.717, 1.165) is 5.56 Å². The van der Waals surface area contributed by atoms with E-state index in [0.29, 0.717) is 28.0 Å². The SMILES string of the molecule is CCOC(=O)[C@H](C)NC(=O)Nc1ccc2nc(-c3ccc(F)cc3)cc(OC)c2c1. The zero-order chi connectivity index (χ0) is 21.7. The van der Waals surface area contributed by atoms with Gasteiger partial charge in [-0.1, -0.05) is 0 Å². The van der Waals surface area contributed by atoms with Crippen molar-refractivity contribution in [1.82, 2.24) is 10.3 Å². The Morgan fingerprint density at radius 2 is 1.87 bits per heavy atom. The number of hydrogen-bond acceptors (Lipinski definition) is 5. The van der Waals surface area contributed by atoms with Gasteiger partial charge in [-0.3, -0.25) is 0 Å². The van der Waals surface area contributed by atoms with Crippen molar-refractivity contribution >= 4 is 28.6 Å². The van der Waals surface area contributed by atoms with Crippen LogP contribution in [0.3, 0.4) is 0 Å². The first-order valence-corrected chi connectivity index (χ1v) is 9.40. The lowest BCUT2D eigenvalue weighted by Crippen LogP contribution is -2.41. The Hall–Kier alpha value is -3.68. The Balaban J connectivity index is 1.83. The lowest BCUT2D eigenvalue weighted by molar-refractivity contribution is -0.144. The molecular formula is C22H22FN3O4. The molecule has 2 aromatic carbocycles. The number of pyridine rings is 1. The fourth-order valence-corrected chi connectivity index (χ4v) is 2.90. The maximum Gasteiger partial charge on any atom is 0.328 e.